The number of hydrogen-bond acceptors (Lipinski definition) is 3. The molecule has 1 aromatic heterocycles. The van der Waals surface area contributed by atoms with E-state index in [-0.39, 0.29) is 0 Å². The third-order valence-corrected chi connectivity index (χ3v) is 2.87. The van der Waals surface area contributed by atoms with Gasteiger partial charge in [-0.3, -0.25) is 4.98 Å². The minimum atomic E-state index is 0.326. The number of hydrogen-bond donors (Lipinski definition) is 1. The quantitative estimate of drug-likeness (QED) is 0.815. The van der Waals surface area contributed by atoms with Crippen LogP contribution in [0.15, 0.2) is 24.4 Å². The van der Waals surface area contributed by atoms with Crippen LogP contribution in [-0.4, -0.2) is 24.7 Å². The zero-order valence-corrected chi connectivity index (χ0v) is 9.15. The Morgan fingerprint density at radius 2 is 2.53 bits per heavy atom. The van der Waals surface area contributed by atoms with Crippen LogP contribution in [0.2, 0.25) is 0 Å². The number of pyridine rings is 1. The Hall–Kier alpha value is -0.930. The lowest BCUT2D eigenvalue weighted by atomic mass is 10.1. The summed E-state index contributed by atoms with van der Waals surface area (Å²) in [4.78, 5) is 4.33. The highest BCUT2D eigenvalue weighted by atomic mass is 16.5. The lowest BCUT2D eigenvalue weighted by Gasteiger charge is -2.15. The molecule has 0 aromatic carbocycles. The summed E-state index contributed by atoms with van der Waals surface area (Å²) in [6, 6.07) is 6.36. The smallest absolute Gasteiger partial charge is 0.0570 e. The molecular formula is C12H18N2O. The highest BCUT2D eigenvalue weighted by molar-refractivity contribution is 5.07. The van der Waals surface area contributed by atoms with E-state index in [1.54, 1.807) is 0 Å². The Labute approximate surface area is 90.9 Å². The van der Waals surface area contributed by atoms with Gasteiger partial charge in [-0.05, 0) is 31.4 Å². The summed E-state index contributed by atoms with van der Waals surface area (Å²) in [7, 11) is 0. The van der Waals surface area contributed by atoms with Gasteiger partial charge in [0.1, 0.15) is 0 Å². The molecule has 1 aliphatic heterocycles. The normalized spacial score (nSPS) is 22.9. The summed E-state index contributed by atoms with van der Waals surface area (Å²) >= 11 is 0. The third-order valence-electron chi connectivity index (χ3n) is 2.87. The van der Waals surface area contributed by atoms with Gasteiger partial charge in [0.05, 0.1) is 12.3 Å². The standard InChI is InChI=1S/C12H18N2O/c1-10(12-4-2-3-6-13-12)14-8-11-5-7-15-9-11/h2-4,6,10-11,14H,5,7-9H2,1H3. The van der Waals surface area contributed by atoms with E-state index in [1.165, 1.54) is 6.42 Å². The van der Waals surface area contributed by atoms with Crippen molar-refractivity contribution in [2.75, 3.05) is 19.8 Å². The summed E-state index contributed by atoms with van der Waals surface area (Å²) in [5.74, 6) is 0.677. The SMILES string of the molecule is CC(NCC1CCOC1)c1ccccn1. The number of rotatable bonds is 4. The van der Waals surface area contributed by atoms with Gasteiger partial charge in [-0.15, -0.1) is 0 Å². The van der Waals surface area contributed by atoms with Crippen molar-refractivity contribution >= 4 is 0 Å². The van der Waals surface area contributed by atoms with E-state index in [0.717, 1.165) is 25.5 Å². The van der Waals surface area contributed by atoms with Crippen LogP contribution in [0.1, 0.15) is 25.1 Å². The fourth-order valence-corrected chi connectivity index (χ4v) is 1.82. The summed E-state index contributed by atoms with van der Waals surface area (Å²) in [6.45, 7) is 5.00. The predicted molar refractivity (Wildman–Crippen MR) is 59.6 cm³/mol. The first kappa shape index (κ1) is 10.6. The van der Waals surface area contributed by atoms with Crippen molar-refractivity contribution in [1.82, 2.24) is 10.3 Å². The van der Waals surface area contributed by atoms with Gasteiger partial charge in [0.25, 0.3) is 0 Å². The Kier molecular flexibility index (Phi) is 3.69. The molecule has 2 rings (SSSR count). The second kappa shape index (κ2) is 5.24. The summed E-state index contributed by atoms with van der Waals surface area (Å²) in [5, 5.41) is 3.50. The van der Waals surface area contributed by atoms with Crippen molar-refractivity contribution in [2.24, 2.45) is 5.92 Å². The molecule has 1 saturated heterocycles. The van der Waals surface area contributed by atoms with Gasteiger partial charge in [-0.1, -0.05) is 6.07 Å². The fourth-order valence-electron chi connectivity index (χ4n) is 1.82. The molecule has 3 nitrogen and oxygen atoms in total. The highest BCUT2D eigenvalue weighted by Crippen LogP contribution is 2.13. The maximum absolute atomic E-state index is 5.34. The number of nitrogens with zero attached hydrogens (tertiary/aromatic N) is 1. The molecule has 0 radical (unpaired) electrons. The molecule has 2 heterocycles. The van der Waals surface area contributed by atoms with Crippen LogP contribution in [0.4, 0.5) is 0 Å². The van der Waals surface area contributed by atoms with E-state index >= 15 is 0 Å². The molecule has 82 valence electrons. The van der Waals surface area contributed by atoms with E-state index in [0.29, 0.717) is 12.0 Å². The van der Waals surface area contributed by atoms with Crippen LogP contribution in [0.5, 0.6) is 0 Å². The van der Waals surface area contributed by atoms with Crippen molar-refractivity contribution in [3.05, 3.63) is 30.1 Å². The predicted octanol–water partition coefficient (Wildman–Crippen LogP) is 1.77. The van der Waals surface area contributed by atoms with E-state index in [9.17, 15) is 0 Å². The van der Waals surface area contributed by atoms with E-state index in [1.807, 2.05) is 18.3 Å². The molecule has 0 bridgehead atoms. The van der Waals surface area contributed by atoms with E-state index < -0.39 is 0 Å². The van der Waals surface area contributed by atoms with Gasteiger partial charge in [-0.2, -0.15) is 0 Å². The molecule has 0 aliphatic carbocycles. The molecule has 0 spiro atoms. The third kappa shape index (κ3) is 3.01. The second-order valence-corrected chi connectivity index (χ2v) is 4.11. The van der Waals surface area contributed by atoms with E-state index in [2.05, 4.69) is 23.3 Å². The molecular weight excluding hydrogens is 188 g/mol. The second-order valence-electron chi connectivity index (χ2n) is 4.11. The van der Waals surface area contributed by atoms with Crippen LogP contribution in [0.25, 0.3) is 0 Å². The number of ether oxygens (including phenoxy) is 1. The lowest BCUT2D eigenvalue weighted by Crippen LogP contribution is -2.26. The van der Waals surface area contributed by atoms with Gasteiger partial charge in [0, 0.05) is 25.4 Å². The molecule has 3 heteroatoms. The van der Waals surface area contributed by atoms with Crippen LogP contribution >= 0.6 is 0 Å². The van der Waals surface area contributed by atoms with Crippen molar-refractivity contribution in [3.8, 4) is 0 Å². The minimum Gasteiger partial charge on any atom is -0.381 e. The fraction of sp³-hybridized carbons (Fsp3) is 0.583. The molecule has 0 saturated carbocycles. The monoisotopic (exact) mass is 206 g/mol. The van der Waals surface area contributed by atoms with Gasteiger partial charge < -0.3 is 10.1 Å². The Balaban J connectivity index is 1.79. The molecule has 1 fully saturated rings. The van der Waals surface area contributed by atoms with Gasteiger partial charge in [0.2, 0.25) is 0 Å². The molecule has 1 aliphatic rings. The van der Waals surface area contributed by atoms with Gasteiger partial charge >= 0.3 is 0 Å². The Morgan fingerprint density at radius 1 is 1.60 bits per heavy atom. The average Bonchev–Trinajstić information content (AvgIpc) is 2.80. The topological polar surface area (TPSA) is 34.1 Å². The molecule has 2 atom stereocenters. The minimum absolute atomic E-state index is 0.326. The molecule has 15 heavy (non-hydrogen) atoms. The zero-order chi connectivity index (χ0) is 10.5. The number of aromatic nitrogens is 1. The Morgan fingerprint density at radius 3 is 3.20 bits per heavy atom. The van der Waals surface area contributed by atoms with Crippen LogP contribution in [0, 0.1) is 5.92 Å². The highest BCUT2D eigenvalue weighted by Gasteiger charge is 2.16. The largest absolute Gasteiger partial charge is 0.381 e. The first-order valence-corrected chi connectivity index (χ1v) is 5.58. The van der Waals surface area contributed by atoms with Crippen molar-refractivity contribution in [3.63, 3.8) is 0 Å². The summed E-state index contributed by atoms with van der Waals surface area (Å²) in [6.07, 6.45) is 3.02. The molecule has 0 amide bonds. The number of nitrogens with one attached hydrogen (secondary N) is 1. The van der Waals surface area contributed by atoms with Crippen LogP contribution < -0.4 is 5.32 Å². The van der Waals surface area contributed by atoms with Gasteiger partial charge in [-0.25, -0.2) is 0 Å². The average molecular weight is 206 g/mol. The molecule has 1 N–H and O–H groups in total. The zero-order valence-electron chi connectivity index (χ0n) is 9.15. The van der Waals surface area contributed by atoms with Crippen molar-refractivity contribution in [1.29, 1.82) is 0 Å². The van der Waals surface area contributed by atoms with Crippen LogP contribution in [-0.2, 0) is 4.74 Å². The van der Waals surface area contributed by atoms with Crippen molar-refractivity contribution in [2.45, 2.75) is 19.4 Å². The van der Waals surface area contributed by atoms with Crippen molar-refractivity contribution < 1.29 is 4.74 Å². The first-order chi connectivity index (χ1) is 7.36. The van der Waals surface area contributed by atoms with Crippen LogP contribution in [0.3, 0.4) is 0 Å². The maximum Gasteiger partial charge on any atom is 0.0570 e. The maximum atomic E-state index is 5.34. The lowest BCUT2D eigenvalue weighted by molar-refractivity contribution is 0.184. The van der Waals surface area contributed by atoms with Gasteiger partial charge in [0.15, 0.2) is 0 Å². The molecule has 2 unspecified atom stereocenters. The molecule has 1 aromatic rings. The Bertz CT molecular complexity index is 283. The first-order valence-electron chi connectivity index (χ1n) is 5.58. The summed E-state index contributed by atoms with van der Waals surface area (Å²) < 4.78 is 5.34. The van der Waals surface area contributed by atoms with E-state index in [4.69, 9.17) is 4.74 Å². The summed E-state index contributed by atoms with van der Waals surface area (Å²) in [5.41, 5.74) is 1.11.